The van der Waals surface area contributed by atoms with E-state index in [0.29, 0.717) is 0 Å². The minimum atomic E-state index is 0.757. The van der Waals surface area contributed by atoms with E-state index in [-0.39, 0.29) is 0 Å². The number of rotatable bonds is 3. The first-order valence-electron chi connectivity index (χ1n) is 12.3. The predicted octanol–water partition coefficient (Wildman–Crippen LogP) is 5.60. The molecular weight excluding hydrogens is 342 g/mol. The van der Waals surface area contributed by atoms with Gasteiger partial charge in [0, 0.05) is 31.2 Å². The maximum Gasteiger partial charge on any atom is 0.00388 e. The van der Waals surface area contributed by atoms with Gasteiger partial charge in [0.05, 0.1) is 0 Å². The third-order valence-corrected chi connectivity index (χ3v) is 6.92. The zero-order valence-corrected chi connectivity index (χ0v) is 20.9. The SMILES string of the molecule is CC1CCN(C(C)C)CC1.CC1CCN(C(C)C)CC1.CC1CN(C(C)C)C1. The first kappa shape index (κ1) is 25.9. The highest BCUT2D eigenvalue weighted by molar-refractivity contribution is 4.78. The summed E-state index contributed by atoms with van der Waals surface area (Å²) in [6.07, 6.45) is 5.60. The lowest BCUT2D eigenvalue weighted by Gasteiger charge is -2.40. The second kappa shape index (κ2) is 13.2. The van der Waals surface area contributed by atoms with Gasteiger partial charge in [0.25, 0.3) is 0 Å². The minimum absolute atomic E-state index is 0.757. The fourth-order valence-electron chi connectivity index (χ4n) is 4.26. The van der Waals surface area contributed by atoms with Crippen LogP contribution >= 0.6 is 0 Å². The van der Waals surface area contributed by atoms with Crippen LogP contribution in [0.25, 0.3) is 0 Å². The van der Waals surface area contributed by atoms with Crippen molar-refractivity contribution in [2.75, 3.05) is 39.3 Å². The van der Waals surface area contributed by atoms with Gasteiger partial charge in [0.15, 0.2) is 0 Å². The molecule has 3 aliphatic rings. The van der Waals surface area contributed by atoms with Crippen LogP contribution in [0.3, 0.4) is 0 Å². The van der Waals surface area contributed by atoms with E-state index >= 15 is 0 Å². The summed E-state index contributed by atoms with van der Waals surface area (Å²) in [7, 11) is 0. The molecule has 3 nitrogen and oxygen atoms in total. The van der Waals surface area contributed by atoms with Crippen LogP contribution in [0.1, 0.15) is 88.0 Å². The minimum Gasteiger partial charge on any atom is -0.301 e. The van der Waals surface area contributed by atoms with Crippen LogP contribution in [-0.2, 0) is 0 Å². The van der Waals surface area contributed by atoms with Crippen molar-refractivity contribution in [3.8, 4) is 0 Å². The molecule has 3 saturated heterocycles. The van der Waals surface area contributed by atoms with Gasteiger partial charge in [-0.25, -0.2) is 0 Å². The summed E-state index contributed by atoms with van der Waals surface area (Å²) in [6.45, 7) is 28.6. The van der Waals surface area contributed by atoms with Crippen molar-refractivity contribution >= 4 is 0 Å². The number of piperidine rings is 2. The maximum absolute atomic E-state index is 2.57. The van der Waals surface area contributed by atoms with Gasteiger partial charge in [-0.05, 0) is 111 Å². The lowest BCUT2D eigenvalue weighted by atomic mass is 9.98. The lowest BCUT2D eigenvalue weighted by Crippen LogP contribution is -2.48. The molecule has 0 bridgehead atoms. The highest BCUT2D eigenvalue weighted by Gasteiger charge is 2.23. The van der Waals surface area contributed by atoms with Crippen molar-refractivity contribution in [3.05, 3.63) is 0 Å². The summed E-state index contributed by atoms with van der Waals surface area (Å²) in [5.41, 5.74) is 0. The Morgan fingerprint density at radius 1 is 0.464 bits per heavy atom. The number of hydrogen-bond acceptors (Lipinski definition) is 3. The van der Waals surface area contributed by atoms with E-state index in [1.54, 1.807) is 0 Å². The fraction of sp³-hybridized carbons (Fsp3) is 1.00. The first-order valence-corrected chi connectivity index (χ1v) is 12.3. The largest absolute Gasteiger partial charge is 0.301 e. The second-order valence-electron chi connectivity index (χ2n) is 10.8. The fourth-order valence-corrected chi connectivity index (χ4v) is 4.26. The zero-order valence-electron chi connectivity index (χ0n) is 20.9. The molecule has 0 saturated carbocycles. The zero-order chi connectivity index (χ0) is 21.3. The van der Waals surface area contributed by atoms with Crippen LogP contribution in [0.5, 0.6) is 0 Å². The molecule has 0 amide bonds. The van der Waals surface area contributed by atoms with Crippen molar-refractivity contribution in [2.24, 2.45) is 17.8 Å². The topological polar surface area (TPSA) is 9.72 Å². The van der Waals surface area contributed by atoms with Crippen molar-refractivity contribution in [1.82, 2.24) is 14.7 Å². The Morgan fingerprint density at radius 2 is 0.750 bits per heavy atom. The molecule has 3 aliphatic heterocycles. The Kier molecular flexibility index (Phi) is 12.3. The van der Waals surface area contributed by atoms with Crippen LogP contribution < -0.4 is 0 Å². The van der Waals surface area contributed by atoms with Crippen LogP contribution in [0, 0.1) is 17.8 Å². The third-order valence-electron chi connectivity index (χ3n) is 6.92. The molecule has 28 heavy (non-hydrogen) atoms. The molecule has 3 fully saturated rings. The highest BCUT2D eigenvalue weighted by atomic mass is 15.2. The average Bonchev–Trinajstić information content (AvgIpc) is 2.61. The van der Waals surface area contributed by atoms with Crippen LogP contribution in [0.15, 0.2) is 0 Å². The van der Waals surface area contributed by atoms with Gasteiger partial charge in [-0.2, -0.15) is 0 Å². The lowest BCUT2D eigenvalue weighted by molar-refractivity contribution is 0.0787. The Hall–Kier alpha value is -0.120. The van der Waals surface area contributed by atoms with Gasteiger partial charge in [-0.1, -0.05) is 20.8 Å². The summed E-state index contributed by atoms with van der Waals surface area (Å²) in [6, 6.07) is 2.28. The predicted molar refractivity (Wildman–Crippen MR) is 126 cm³/mol. The molecule has 168 valence electrons. The van der Waals surface area contributed by atoms with E-state index in [0.717, 1.165) is 35.9 Å². The Labute approximate surface area is 178 Å². The molecule has 0 N–H and O–H groups in total. The van der Waals surface area contributed by atoms with Gasteiger partial charge in [0.2, 0.25) is 0 Å². The van der Waals surface area contributed by atoms with Crippen molar-refractivity contribution in [2.45, 2.75) is 106 Å². The van der Waals surface area contributed by atoms with E-state index in [4.69, 9.17) is 0 Å². The monoisotopic (exact) mass is 395 g/mol. The molecule has 0 aromatic carbocycles. The molecule has 0 aromatic heterocycles. The van der Waals surface area contributed by atoms with Gasteiger partial charge >= 0.3 is 0 Å². The second-order valence-corrected chi connectivity index (χ2v) is 10.8. The summed E-state index contributed by atoms with van der Waals surface area (Å²) in [5, 5.41) is 0. The smallest absolute Gasteiger partial charge is 0.00388 e. The van der Waals surface area contributed by atoms with E-state index in [1.807, 2.05) is 0 Å². The standard InChI is InChI=1S/2C9H19N.C7H15N/c2*1-8(2)10-6-4-9(3)5-7-10;1-6(2)8-4-7(3)5-8/h2*8-9H,4-7H2,1-3H3;6-7H,4-5H2,1-3H3. The molecular formula is C25H53N3. The van der Waals surface area contributed by atoms with Crippen molar-refractivity contribution in [1.29, 1.82) is 0 Å². The average molecular weight is 396 g/mol. The normalized spacial score (nSPS) is 24.0. The highest BCUT2D eigenvalue weighted by Crippen LogP contribution is 2.18. The molecule has 3 heterocycles. The van der Waals surface area contributed by atoms with Crippen molar-refractivity contribution < 1.29 is 0 Å². The Morgan fingerprint density at radius 3 is 0.929 bits per heavy atom. The molecule has 0 unspecified atom stereocenters. The first-order chi connectivity index (χ1) is 13.1. The van der Waals surface area contributed by atoms with Gasteiger partial charge in [0.1, 0.15) is 0 Å². The van der Waals surface area contributed by atoms with E-state index < -0.39 is 0 Å². The molecule has 0 spiro atoms. The van der Waals surface area contributed by atoms with Crippen LogP contribution in [0.4, 0.5) is 0 Å². The number of likely N-dealkylation sites (tertiary alicyclic amines) is 3. The summed E-state index contributed by atoms with van der Waals surface area (Å²) in [4.78, 5) is 7.63. The molecule has 0 aliphatic carbocycles. The third kappa shape index (κ3) is 10.1. The Bertz CT molecular complexity index is 345. The summed E-state index contributed by atoms with van der Waals surface area (Å²) in [5.74, 6) is 2.89. The van der Waals surface area contributed by atoms with Crippen molar-refractivity contribution in [3.63, 3.8) is 0 Å². The summed E-state index contributed by atoms with van der Waals surface area (Å²) < 4.78 is 0. The molecule has 3 heteroatoms. The van der Waals surface area contributed by atoms with E-state index in [1.165, 1.54) is 65.0 Å². The van der Waals surface area contributed by atoms with Crippen LogP contribution in [-0.4, -0.2) is 72.1 Å². The van der Waals surface area contributed by atoms with E-state index in [2.05, 4.69) is 77.0 Å². The number of nitrogens with zero attached hydrogens (tertiary/aromatic N) is 3. The molecule has 3 rings (SSSR count). The van der Waals surface area contributed by atoms with Crippen LogP contribution in [0.2, 0.25) is 0 Å². The van der Waals surface area contributed by atoms with Gasteiger partial charge in [-0.3, -0.25) is 0 Å². The summed E-state index contributed by atoms with van der Waals surface area (Å²) >= 11 is 0. The van der Waals surface area contributed by atoms with E-state index in [9.17, 15) is 0 Å². The molecule has 0 radical (unpaired) electrons. The number of hydrogen-bond donors (Lipinski definition) is 0. The van der Waals surface area contributed by atoms with Gasteiger partial charge < -0.3 is 14.7 Å². The molecule has 0 aromatic rings. The van der Waals surface area contributed by atoms with Gasteiger partial charge in [-0.15, -0.1) is 0 Å². The quantitative estimate of drug-likeness (QED) is 0.616. The Balaban J connectivity index is 0.000000212. The molecule has 0 atom stereocenters. The maximum atomic E-state index is 2.57.